The first-order valence-electron chi connectivity index (χ1n) is 9.14. The maximum Gasteiger partial charge on any atom is 0.319 e. The van der Waals surface area contributed by atoms with Crippen LogP contribution >= 0.6 is 11.6 Å². The Morgan fingerprint density at radius 3 is 2.64 bits per heavy atom. The Hall–Kier alpha value is -2.74. The highest BCUT2D eigenvalue weighted by atomic mass is 35.5. The van der Waals surface area contributed by atoms with Crippen LogP contribution in [0.2, 0.25) is 5.02 Å². The number of nitrogens with zero attached hydrogens (tertiary/aromatic N) is 3. The number of piperidine rings is 1. The molecule has 0 bridgehead atoms. The first kappa shape index (κ1) is 20.0. The summed E-state index contributed by atoms with van der Waals surface area (Å²) in [6, 6.07) is 4.60. The summed E-state index contributed by atoms with van der Waals surface area (Å²) in [6.45, 7) is 2.21. The van der Waals surface area contributed by atoms with E-state index in [4.69, 9.17) is 21.1 Å². The van der Waals surface area contributed by atoms with E-state index < -0.39 is 6.03 Å². The zero-order valence-electron chi connectivity index (χ0n) is 16.0. The highest BCUT2D eigenvalue weighted by molar-refractivity contribution is 6.32. The molecule has 1 fully saturated rings. The van der Waals surface area contributed by atoms with Crippen molar-refractivity contribution in [3.63, 3.8) is 0 Å². The van der Waals surface area contributed by atoms with Crippen molar-refractivity contribution in [2.45, 2.75) is 25.8 Å². The largest absolute Gasteiger partial charge is 0.495 e. The molecule has 2 aromatic rings. The van der Waals surface area contributed by atoms with Crippen molar-refractivity contribution in [2.75, 3.05) is 37.5 Å². The van der Waals surface area contributed by atoms with Crippen molar-refractivity contribution in [3.8, 4) is 11.5 Å². The second kappa shape index (κ2) is 9.45. The summed E-state index contributed by atoms with van der Waals surface area (Å²) in [5.74, 6) is 1.63. The van der Waals surface area contributed by atoms with Crippen LogP contribution in [0.3, 0.4) is 0 Å². The van der Waals surface area contributed by atoms with Gasteiger partial charge in [0.05, 0.1) is 37.2 Å². The summed E-state index contributed by atoms with van der Waals surface area (Å²) in [6.07, 6.45) is 5.27. The summed E-state index contributed by atoms with van der Waals surface area (Å²) < 4.78 is 10.4. The maximum absolute atomic E-state index is 12.3. The lowest BCUT2D eigenvalue weighted by Gasteiger charge is -2.26. The van der Waals surface area contributed by atoms with Crippen molar-refractivity contribution in [3.05, 3.63) is 35.1 Å². The van der Waals surface area contributed by atoms with Crippen LogP contribution in [0, 0.1) is 0 Å². The number of carbonyl (C=O) groups is 1. The van der Waals surface area contributed by atoms with E-state index in [-0.39, 0.29) is 6.54 Å². The number of ether oxygens (including phenoxy) is 2. The van der Waals surface area contributed by atoms with Crippen molar-refractivity contribution < 1.29 is 14.3 Å². The number of methoxy groups -OCH3 is 2. The predicted octanol–water partition coefficient (Wildman–Crippen LogP) is 3.46. The number of aromatic nitrogens is 2. The Kier molecular flexibility index (Phi) is 6.76. The van der Waals surface area contributed by atoms with Gasteiger partial charge in [0.1, 0.15) is 11.5 Å². The van der Waals surface area contributed by atoms with Crippen LogP contribution in [-0.4, -0.2) is 43.3 Å². The Balaban J connectivity index is 1.61. The van der Waals surface area contributed by atoms with Gasteiger partial charge in [0, 0.05) is 25.4 Å². The third-order valence-electron chi connectivity index (χ3n) is 4.49. The maximum atomic E-state index is 12.3. The summed E-state index contributed by atoms with van der Waals surface area (Å²) in [5, 5.41) is 5.90. The molecule has 2 amide bonds. The van der Waals surface area contributed by atoms with E-state index in [9.17, 15) is 4.79 Å². The van der Waals surface area contributed by atoms with Gasteiger partial charge in [-0.25, -0.2) is 14.8 Å². The first-order chi connectivity index (χ1) is 13.6. The van der Waals surface area contributed by atoms with E-state index in [0.717, 1.165) is 31.6 Å². The average Bonchev–Trinajstić information content (AvgIpc) is 2.73. The molecule has 0 atom stereocenters. The van der Waals surface area contributed by atoms with Crippen molar-refractivity contribution >= 4 is 29.3 Å². The lowest BCUT2D eigenvalue weighted by Crippen LogP contribution is -2.32. The molecule has 1 aliphatic heterocycles. The van der Waals surface area contributed by atoms with E-state index in [1.54, 1.807) is 24.4 Å². The first-order valence-corrected chi connectivity index (χ1v) is 9.51. The average molecular weight is 406 g/mol. The standard InChI is InChI=1S/C19H24ClN5O3/c1-27-16-11-17(28-2)15(10-14(16)20)24-19(26)22-12-13-6-7-21-18(23-13)25-8-4-3-5-9-25/h6-7,10-11H,3-5,8-9,12H2,1-2H3,(H2,22,24,26). The van der Waals surface area contributed by atoms with Gasteiger partial charge in [-0.15, -0.1) is 0 Å². The molecule has 0 aliphatic carbocycles. The highest BCUT2D eigenvalue weighted by Crippen LogP contribution is 2.35. The molecule has 1 saturated heterocycles. The molecule has 2 N–H and O–H groups in total. The van der Waals surface area contributed by atoms with Gasteiger partial charge in [0.25, 0.3) is 0 Å². The molecule has 8 nitrogen and oxygen atoms in total. The fourth-order valence-electron chi connectivity index (χ4n) is 3.02. The quantitative estimate of drug-likeness (QED) is 0.765. The number of anilines is 2. The lowest BCUT2D eigenvalue weighted by atomic mass is 10.1. The monoisotopic (exact) mass is 405 g/mol. The molecule has 0 saturated carbocycles. The molecule has 1 aromatic heterocycles. The van der Waals surface area contributed by atoms with Crippen LogP contribution < -0.4 is 25.0 Å². The van der Waals surface area contributed by atoms with Gasteiger partial charge < -0.3 is 25.0 Å². The van der Waals surface area contributed by atoms with Crippen molar-refractivity contribution in [1.82, 2.24) is 15.3 Å². The summed E-state index contributed by atoms with van der Waals surface area (Å²) >= 11 is 6.13. The molecule has 0 radical (unpaired) electrons. The topological polar surface area (TPSA) is 88.6 Å². The lowest BCUT2D eigenvalue weighted by molar-refractivity contribution is 0.251. The van der Waals surface area contributed by atoms with E-state index >= 15 is 0 Å². The Morgan fingerprint density at radius 2 is 1.93 bits per heavy atom. The molecule has 2 heterocycles. The number of carbonyl (C=O) groups excluding carboxylic acids is 1. The van der Waals surface area contributed by atoms with Gasteiger partial charge >= 0.3 is 6.03 Å². The normalized spacial score (nSPS) is 13.8. The minimum absolute atomic E-state index is 0.279. The number of amides is 2. The number of benzene rings is 1. The summed E-state index contributed by atoms with van der Waals surface area (Å²) in [5.41, 5.74) is 1.19. The Morgan fingerprint density at radius 1 is 1.18 bits per heavy atom. The van der Waals surface area contributed by atoms with Gasteiger partial charge in [0.2, 0.25) is 5.95 Å². The molecule has 1 aliphatic rings. The van der Waals surface area contributed by atoms with Gasteiger partial charge in [-0.05, 0) is 31.4 Å². The summed E-state index contributed by atoms with van der Waals surface area (Å²) in [7, 11) is 3.02. The number of halogens is 1. The number of nitrogens with one attached hydrogen (secondary N) is 2. The molecular weight excluding hydrogens is 382 g/mol. The van der Waals surface area contributed by atoms with Gasteiger partial charge in [-0.3, -0.25) is 0 Å². The zero-order valence-corrected chi connectivity index (χ0v) is 16.8. The van der Waals surface area contributed by atoms with Gasteiger partial charge in [-0.2, -0.15) is 0 Å². The van der Waals surface area contributed by atoms with E-state index in [1.807, 2.05) is 0 Å². The third kappa shape index (κ3) is 4.95. The molecule has 0 unspecified atom stereocenters. The van der Waals surface area contributed by atoms with Gasteiger partial charge in [-0.1, -0.05) is 11.6 Å². The second-order valence-electron chi connectivity index (χ2n) is 6.39. The molecule has 1 aromatic carbocycles. The molecular formula is C19H24ClN5O3. The Bertz CT molecular complexity index is 827. The van der Waals surface area contributed by atoms with Crippen molar-refractivity contribution in [2.24, 2.45) is 0 Å². The van der Waals surface area contributed by atoms with E-state index in [1.165, 1.54) is 20.6 Å². The molecule has 0 spiro atoms. The molecule has 28 heavy (non-hydrogen) atoms. The minimum Gasteiger partial charge on any atom is -0.495 e. The Labute approximate surface area is 169 Å². The van der Waals surface area contributed by atoms with E-state index in [2.05, 4.69) is 25.5 Å². The number of rotatable bonds is 6. The third-order valence-corrected chi connectivity index (χ3v) is 4.79. The molecule has 9 heteroatoms. The number of urea groups is 1. The SMILES string of the molecule is COc1cc(OC)c(NC(=O)NCc2ccnc(N3CCCCC3)n2)cc1Cl. The van der Waals surface area contributed by atoms with Gasteiger partial charge in [0.15, 0.2) is 0 Å². The fraction of sp³-hybridized carbons (Fsp3) is 0.421. The van der Waals surface area contributed by atoms with Crippen LogP contribution in [0.5, 0.6) is 11.5 Å². The van der Waals surface area contributed by atoms with E-state index in [0.29, 0.717) is 28.2 Å². The van der Waals surface area contributed by atoms with Crippen LogP contribution in [0.1, 0.15) is 25.0 Å². The van der Waals surface area contributed by atoms with Crippen LogP contribution in [0.4, 0.5) is 16.4 Å². The fourth-order valence-corrected chi connectivity index (χ4v) is 3.27. The van der Waals surface area contributed by atoms with Crippen LogP contribution in [0.15, 0.2) is 24.4 Å². The zero-order chi connectivity index (χ0) is 19.9. The predicted molar refractivity (Wildman–Crippen MR) is 109 cm³/mol. The highest BCUT2D eigenvalue weighted by Gasteiger charge is 2.15. The molecule has 150 valence electrons. The van der Waals surface area contributed by atoms with Crippen LogP contribution in [-0.2, 0) is 6.54 Å². The number of hydrogen-bond acceptors (Lipinski definition) is 6. The molecule has 3 rings (SSSR count). The number of hydrogen-bond donors (Lipinski definition) is 2. The van der Waals surface area contributed by atoms with Crippen LogP contribution in [0.25, 0.3) is 0 Å². The smallest absolute Gasteiger partial charge is 0.319 e. The van der Waals surface area contributed by atoms with Crippen molar-refractivity contribution in [1.29, 1.82) is 0 Å². The second-order valence-corrected chi connectivity index (χ2v) is 6.80. The minimum atomic E-state index is -0.391. The summed E-state index contributed by atoms with van der Waals surface area (Å²) in [4.78, 5) is 23.4.